The van der Waals surface area contributed by atoms with E-state index in [-0.39, 0.29) is 41.1 Å². The van der Waals surface area contributed by atoms with Crippen molar-refractivity contribution in [2.75, 3.05) is 37.3 Å². The quantitative estimate of drug-likeness (QED) is 0.291. The number of primary sulfonamides is 1. The maximum absolute atomic E-state index is 12.2. The van der Waals surface area contributed by atoms with Crippen molar-refractivity contribution in [3.63, 3.8) is 0 Å². The van der Waals surface area contributed by atoms with Crippen LogP contribution in [0.3, 0.4) is 0 Å². The molecule has 178 valence electrons. The van der Waals surface area contributed by atoms with Crippen LogP contribution in [-0.2, 0) is 14.8 Å². The molecule has 0 aliphatic carbocycles. The zero-order chi connectivity index (χ0) is 24.0. The molecule has 13 heteroatoms. The number of ether oxygens (including phenoxy) is 1. The number of carbonyl (C=O) groups excluding carboxylic acids is 2. The van der Waals surface area contributed by atoms with Crippen LogP contribution in [0, 0.1) is 0 Å². The topological polar surface area (TPSA) is 160 Å². The normalized spacial score (nSPS) is 14.2. The molecule has 1 aliphatic rings. The summed E-state index contributed by atoms with van der Waals surface area (Å²) < 4.78 is 28.6. The molecule has 0 saturated heterocycles. The summed E-state index contributed by atoms with van der Waals surface area (Å²) in [6, 6.07) is 9.10. The standard InChI is InChI=1S/C20H23ClN4O6S2/c21-15-3-1-12(7-18(15)33(22,29)30)20(28)24-6-5-23-9-13(26)10-31-14-2-4-16-17(8-14)32-11-19(27)25-16/h1-4,7-8,13,23,26H,5-6,9-11H2,(H,24,28)(H,25,27)(H2,22,29,30). The number of nitrogens with two attached hydrogens (primary N) is 1. The summed E-state index contributed by atoms with van der Waals surface area (Å²) in [5.74, 6) is 0.416. The Kier molecular flexibility index (Phi) is 8.57. The highest BCUT2D eigenvalue weighted by atomic mass is 35.5. The zero-order valence-electron chi connectivity index (χ0n) is 17.3. The first-order valence-electron chi connectivity index (χ1n) is 9.82. The second kappa shape index (κ2) is 11.2. The first-order chi connectivity index (χ1) is 15.6. The number of nitrogens with one attached hydrogen (secondary N) is 3. The van der Waals surface area contributed by atoms with Crippen molar-refractivity contribution in [2.45, 2.75) is 15.9 Å². The van der Waals surface area contributed by atoms with Gasteiger partial charge in [0.05, 0.1) is 16.5 Å². The number of fused-ring (bicyclic) bond motifs is 1. The molecule has 1 unspecified atom stereocenters. The van der Waals surface area contributed by atoms with Crippen LogP contribution in [-0.4, -0.2) is 63.4 Å². The molecule has 2 aromatic rings. The van der Waals surface area contributed by atoms with Gasteiger partial charge in [-0.3, -0.25) is 9.59 Å². The van der Waals surface area contributed by atoms with E-state index in [0.717, 1.165) is 16.6 Å². The van der Waals surface area contributed by atoms with Crippen LogP contribution in [0.15, 0.2) is 46.2 Å². The number of aliphatic hydroxyl groups is 1. The van der Waals surface area contributed by atoms with Gasteiger partial charge in [-0.2, -0.15) is 0 Å². The number of anilines is 1. The van der Waals surface area contributed by atoms with Crippen LogP contribution in [0.4, 0.5) is 5.69 Å². The third-order valence-corrected chi connectivity index (χ3v) is 6.94. The van der Waals surface area contributed by atoms with Crippen LogP contribution < -0.4 is 25.8 Å². The SMILES string of the molecule is NS(=O)(=O)c1cc(C(=O)NCCNCC(O)COc2ccc3c(c2)SCC(=O)N3)ccc1Cl. The number of halogens is 1. The van der Waals surface area contributed by atoms with Crippen molar-refractivity contribution in [2.24, 2.45) is 5.14 Å². The van der Waals surface area contributed by atoms with Gasteiger partial charge in [0, 0.05) is 30.1 Å². The predicted molar refractivity (Wildman–Crippen MR) is 125 cm³/mol. The molecule has 2 amide bonds. The van der Waals surface area contributed by atoms with Crippen LogP contribution in [0.1, 0.15) is 10.4 Å². The number of rotatable bonds is 10. The van der Waals surface area contributed by atoms with E-state index < -0.39 is 22.0 Å². The summed E-state index contributed by atoms with van der Waals surface area (Å²) in [5.41, 5.74) is 0.854. The fourth-order valence-corrected chi connectivity index (χ4v) is 4.80. The molecule has 0 aromatic heterocycles. The smallest absolute Gasteiger partial charge is 0.251 e. The van der Waals surface area contributed by atoms with Gasteiger partial charge in [0.25, 0.3) is 5.91 Å². The molecule has 6 N–H and O–H groups in total. The van der Waals surface area contributed by atoms with Crippen LogP contribution in [0.5, 0.6) is 5.75 Å². The van der Waals surface area contributed by atoms with Gasteiger partial charge in [-0.25, -0.2) is 13.6 Å². The third-order valence-electron chi connectivity index (χ3n) is 4.50. The Bertz CT molecular complexity index is 1150. The molecule has 3 rings (SSSR count). The summed E-state index contributed by atoms with van der Waals surface area (Å²) in [4.78, 5) is 24.2. The van der Waals surface area contributed by atoms with Crippen LogP contribution >= 0.6 is 23.4 Å². The van der Waals surface area contributed by atoms with Crippen molar-refractivity contribution in [1.29, 1.82) is 0 Å². The second-order valence-electron chi connectivity index (χ2n) is 7.11. The van der Waals surface area contributed by atoms with Gasteiger partial charge < -0.3 is 25.8 Å². The Morgan fingerprint density at radius 1 is 1.27 bits per heavy atom. The number of amides is 2. The minimum absolute atomic E-state index is 0.0414. The van der Waals surface area contributed by atoms with E-state index in [0.29, 0.717) is 18.0 Å². The fraction of sp³-hybridized carbons (Fsp3) is 0.300. The number of carbonyl (C=O) groups is 2. The first-order valence-corrected chi connectivity index (χ1v) is 12.7. The van der Waals surface area contributed by atoms with E-state index in [1.54, 1.807) is 12.1 Å². The van der Waals surface area contributed by atoms with Crippen molar-refractivity contribution < 1.29 is 27.9 Å². The minimum atomic E-state index is -4.04. The molecule has 10 nitrogen and oxygen atoms in total. The third kappa shape index (κ3) is 7.32. The van der Waals surface area contributed by atoms with E-state index in [1.165, 1.54) is 23.9 Å². The van der Waals surface area contributed by atoms with Gasteiger partial charge in [0.2, 0.25) is 15.9 Å². The predicted octanol–water partition coefficient (Wildman–Crippen LogP) is 0.791. The summed E-state index contributed by atoms with van der Waals surface area (Å²) in [5, 5.41) is 23.5. The van der Waals surface area contributed by atoms with E-state index in [4.69, 9.17) is 21.5 Å². The lowest BCUT2D eigenvalue weighted by molar-refractivity contribution is -0.113. The number of hydrogen-bond donors (Lipinski definition) is 5. The maximum atomic E-state index is 12.2. The molecule has 0 radical (unpaired) electrons. The first kappa shape index (κ1) is 25.3. The average molecular weight is 515 g/mol. The lowest BCUT2D eigenvalue weighted by atomic mass is 10.2. The molecule has 1 aliphatic heterocycles. The van der Waals surface area contributed by atoms with E-state index in [9.17, 15) is 23.1 Å². The Balaban J connectivity index is 1.36. The van der Waals surface area contributed by atoms with Gasteiger partial charge in [0.1, 0.15) is 23.4 Å². The van der Waals surface area contributed by atoms with Crippen molar-refractivity contribution in [3.05, 3.63) is 47.0 Å². The minimum Gasteiger partial charge on any atom is -0.491 e. The van der Waals surface area contributed by atoms with Gasteiger partial charge >= 0.3 is 0 Å². The number of sulfonamides is 1. The van der Waals surface area contributed by atoms with Crippen molar-refractivity contribution in [3.8, 4) is 5.75 Å². The highest BCUT2D eigenvalue weighted by molar-refractivity contribution is 8.00. The Morgan fingerprint density at radius 2 is 2.06 bits per heavy atom. The van der Waals surface area contributed by atoms with Crippen LogP contribution in [0.25, 0.3) is 0 Å². The largest absolute Gasteiger partial charge is 0.491 e. The molecule has 0 bridgehead atoms. The number of hydrogen-bond acceptors (Lipinski definition) is 8. The Labute approximate surface area is 200 Å². The number of benzene rings is 2. The van der Waals surface area contributed by atoms with E-state index in [2.05, 4.69) is 16.0 Å². The fourth-order valence-electron chi connectivity index (χ4n) is 2.89. The summed E-state index contributed by atoms with van der Waals surface area (Å²) in [6.07, 6.45) is -0.780. The number of thioether (sulfide) groups is 1. The lowest BCUT2D eigenvalue weighted by Crippen LogP contribution is -2.37. The molecular formula is C20H23ClN4O6S2. The van der Waals surface area contributed by atoms with Gasteiger partial charge in [0.15, 0.2) is 0 Å². The molecule has 1 heterocycles. The highest BCUT2D eigenvalue weighted by Crippen LogP contribution is 2.34. The summed E-state index contributed by atoms with van der Waals surface area (Å²) in [7, 11) is -4.04. The molecule has 0 saturated carbocycles. The van der Waals surface area contributed by atoms with Crippen LogP contribution in [0.2, 0.25) is 5.02 Å². The molecule has 33 heavy (non-hydrogen) atoms. The maximum Gasteiger partial charge on any atom is 0.251 e. The highest BCUT2D eigenvalue weighted by Gasteiger charge is 2.17. The lowest BCUT2D eigenvalue weighted by Gasteiger charge is -2.18. The molecule has 1 atom stereocenters. The molecule has 0 fully saturated rings. The monoisotopic (exact) mass is 514 g/mol. The second-order valence-corrected chi connectivity index (χ2v) is 10.1. The Hall–Kier alpha value is -2.35. The van der Waals surface area contributed by atoms with Gasteiger partial charge in [-0.1, -0.05) is 11.6 Å². The molecular weight excluding hydrogens is 492 g/mol. The van der Waals surface area contributed by atoms with Gasteiger partial charge in [-0.05, 0) is 36.4 Å². The molecule has 0 spiro atoms. The summed E-state index contributed by atoms with van der Waals surface area (Å²) in [6.45, 7) is 0.916. The summed E-state index contributed by atoms with van der Waals surface area (Å²) >= 11 is 7.24. The number of aliphatic hydroxyl groups excluding tert-OH is 1. The van der Waals surface area contributed by atoms with Gasteiger partial charge in [-0.15, -0.1) is 11.8 Å². The van der Waals surface area contributed by atoms with E-state index in [1.807, 2.05) is 6.07 Å². The van der Waals surface area contributed by atoms with E-state index >= 15 is 0 Å². The van der Waals surface area contributed by atoms with Crippen molar-refractivity contribution in [1.82, 2.24) is 10.6 Å². The Morgan fingerprint density at radius 3 is 2.82 bits per heavy atom. The zero-order valence-corrected chi connectivity index (χ0v) is 19.7. The molecule has 2 aromatic carbocycles. The van der Waals surface area contributed by atoms with Crippen molar-refractivity contribution >= 4 is 50.9 Å². The average Bonchev–Trinajstić information content (AvgIpc) is 2.76.